The Morgan fingerprint density at radius 2 is 1.81 bits per heavy atom. The molecule has 0 aliphatic rings. The van der Waals surface area contributed by atoms with E-state index in [9.17, 15) is 16.8 Å². The quantitative estimate of drug-likeness (QED) is 0.412. The summed E-state index contributed by atoms with van der Waals surface area (Å²) >= 11 is 0. The maximum atomic E-state index is 12.4. The van der Waals surface area contributed by atoms with Gasteiger partial charge in [0.2, 0.25) is 25.0 Å². The van der Waals surface area contributed by atoms with Crippen LogP contribution in [0.25, 0.3) is 44.7 Å². The Hall–Kier alpha value is -3.58. The number of nitrogens with one attached hydrogen (secondary N) is 2. The third-order valence-electron chi connectivity index (χ3n) is 4.71. The van der Waals surface area contributed by atoms with Crippen molar-refractivity contribution in [1.82, 2.24) is 34.1 Å². The van der Waals surface area contributed by atoms with E-state index in [0.717, 1.165) is 17.9 Å². The Balaban J connectivity index is 1.73. The van der Waals surface area contributed by atoms with Crippen molar-refractivity contribution in [1.29, 1.82) is 0 Å². The molecule has 0 bridgehead atoms. The van der Waals surface area contributed by atoms with Gasteiger partial charge in [-0.15, -0.1) is 0 Å². The zero-order valence-corrected chi connectivity index (χ0v) is 17.9. The number of aromatic nitrogens is 7. The minimum atomic E-state index is -3.97. The molecular weight excluding hydrogens is 442 g/mol. The van der Waals surface area contributed by atoms with Gasteiger partial charge in [-0.3, -0.25) is 10.1 Å². The van der Waals surface area contributed by atoms with Gasteiger partial charge in [-0.1, -0.05) is 0 Å². The van der Waals surface area contributed by atoms with Gasteiger partial charge in [0.15, 0.2) is 0 Å². The van der Waals surface area contributed by atoms with Crippen LogP contribution in [0.1, 0.15) is 0 Å². The minimum absolute atomic E-state index is 0.0373. The summed E-state index contributed by atoms with van der Waals surface area (Å²) in [6.45, 7) is 0. The first kappa shape index (κ1) is 19.4. The first-order valence-electron chi connectivity index (χ1n) is 8.90. The first-order valence-corrected chi connectivity index (χ1v) is 12.6. The van der Waals surface area contributed by atoms with Gasteiger partial charge in [-0.05, 0) is 24.3 Å². The molecule has 0 spiro atoms. The van der Waals surface area contributed by atoms with Crippen molar-refractivity contribution in [3.05, 3.63) is 42.9 Å². The zero-order valence-electron chi connectivity index (χ0n) is 16.2. The number of aromatic amines is 2. The van der Waals surface area contributed by atoms with E-state index >= 15 is 0 Å². The van der Waals surface area contributed by atoms with Crippen molar-refractivity contribution < 1.29 is 16.8 Å². The van der Waals surface area contributed by atoms with Crippen LogP contribution in [0.2, 0.25) is 0 Å². The summed E-state index contributed by atoms with van der Waals surface area (Å²) < 4.78 is 49.5. The van der Waals surface area contributed by atoms with E-state index in [1.807, 2.05) is 18.2 Å². The van der Waals surface area contributed by atoms with E-state index in [-0.39, 0.29) is 11.4 Å². The van der Waals surface area contributed by atoms with Crippen LogP contribution in [0.4, 0.5) is 0 Å². The van der Waals surface area contributed by atoms with Crippen LogP contribution in [0.3, 0.4) is 0 Å². The first-order chi connectivity index (χ1) is 14.6. The van der Waals surface area contributed by atoms with Gasteiger partial charge in [-0.2, -0.15) is 5.10 Å². The van der Waals surface area contributed by atoms with Crippen molar-refractivity contribution >= 4 is 41.8 Å². The highest BCUT2D eigenvalue weighted by molar-refractivity contribution is 7.92. The molecule has 0 saturated heterocycles. The minimum Gasteiger partial charge on any atom is -0.338 e. The second-order valence-corrected chi connectivity index (χ2v) is 10.8. The van der Waals surface area contributed by atoms with Crippen LogP contribution in [-0.2, 0) is 19.9 Å². The summed E-state index contributed by atoms with van der Waals surface area (Å²) in [7, 11) is -7.86. The summed E-state index contributed by atoms with van der Waals surface area (Å²) in [5.74, 6) is 0. The molecule has 5 aromatic heterocycles. The average Bonchev–Trinajstić information content (AvgIpc) is 3.41. The number of sulfone groups is 1. The molecule has 0 aromatic carbocycles. The van der Waals surface area contributed by atoms with Crippen LogP contribution >= 0.6 is 0 Å². The third-order valence-corrected chi connectivity index (χ3v) is 6.81. The summed E-state index contributed by atoms with van der Waals surface area (Å²) in [4.78, 5) is 15.6. The monoisotopic (exact) mass is 457 g/mol. The van der Waals surface area contributed by atoms with Crippen molar-refractivity contribution in [3.63, 3.8) is 0 Å². The lowest BCUT2D eigenvalue weighted by molar-refractivity contribution is 0.574. The second-order valence-electron chi connectivity index (χ2n) is 7.04. The van der Waals surface area contributed by atoms with E-state index in [1.54, 1.807) is 12.3 Å². The van der Waals surface area contributed by atoms with Gasteiger partial charge < -0.3 is 4.98 Å². The Labute approximate surface area is 176 Å². The molecule has 0 aliphatic carbocycles. The lowest BCUT2D eigenvalue weighted by Gasteiger charge is -2.08. The fourth-order valence-corrected chi connectivity index (χ4v) is 5.69. The second kappa shape index (κ2) is 6.46. The van der Waals surface area contributed by atoms with Crippen molar-refractivity contribution in [2.24, 2.45) is 0 Å². The number of fused-ring (bicyclic) bond motifs is 2. The number of rotatable bonds is 4. The van der Waals surface area contributed by atoms with E-state index in [0.29, 0.717) is 31.9 Å². The molecule has 158 valence electrons. The molecule has 2 N–H and O–H groups in total. The maximum Gasteiger partial charge on any atom is 0.241 e. The van der Waals surface area contributed by atoms with Crippen LogP contribution in [0, 0.1) is 0 Å². The molecule has 31 heavy (non-hydrogen) atoms. The molecule has 0 unspecified atom stereocenters. The van der Waals surface area contributed by atoms with Gasteiger partial charge in [-0.25, -0.2) is 30.8 Å². The Morgan fingerprint density at radius 1 is 1.00 bits per heavy atom. The van der Waals surface area contributed by atoms with E-state index < -0.39 is 25.0 Å². The number of imidazole rings is 1. The zero-order chi connectivity index (χ0) is 22.0. The van der Waals surface area contributed by atoms with E-state index in [4.69, 9.17) is 0 Å². The number of hydrogen-bond donors (Lipinski definition) is 2. The summed E-state index contributed by atoms with van der Waals surface area (Å²) in [6.07, 6.45) is 6.17. The van der Waals surface area contributed by atoms with Gasteiger partial charge in [0.25, 0.3) is 0 Å². The highest BCUT2D eigenvalue weighted by Crippen LogP contribution is 2.31. The Bertz CT molecular complexity index is 1660. The molecule has 5 heterocycles. The highest BCUT2D eigenvalue weighted by Gasteiger charge is 2.26. The molecule has 13 heteroatoms. The SMILES string of the molecule is CS(=O)(=O)c1ncc(-c2cc3c(-c4cc5cccnc5[nH]4)n[nH]c3cn2)n1S(C)(=O)=O. The van der Waals surface area contributed by atoms with E-state index in [1.165, 1.54) is 12.4 Å². The molecule has 0 fully saturated rings. The molecule has 11 nitrogen and oxygen atoms in total. The smallest absolute Gasteiger partial charge is 0.241 e. The van der Waals surface area contributed by atoms with Gasteiger partial charge >= 0.3 is 0 Å². The Morgan fingerprint density at radius 3 is 2.52 bits per heavy atom. The fraction of sp³-hybridized carbons (Fsp3) is 0.111. The normalized spacial score (nSPS) is 12.7. The van der Waals surface area contributed by atoms with Crippen LogP contribution < -0.4 is 0 Å². The van der Waals surface area contributed by atoms with Crippen LogP contribution in [0.15, 0.2) is 48.0 Å². The van der Waals surface area contributed by atoms with Crippen LogP contribution in [-0.4, -0.2) is 63.5 Å². The molecule has 0 atom stereocenters. The topological polar surface area (TPSA) is 156 Å². The predicted octanol–water partition coefficient (Wildman–Crippen LogP) is 1.58. The maximum absolute atomic E-state index is 12.4. The predicted molar refractivity (Wildman–Crippen MR) is 114 cm³/mol. The number of H-pyrrole nitrogens is 2. The molecule has 0 amide bonds. The molecule has 5 aromatic rings. The van der Waals surface area contributed by atoms with Crippen LogP contribution in [0.5, 0.6) is 0 Å². The standard InChI is InChI=1S/C18H15N7O4S2/c1-30(26,27)18-21-9-15(25(18)31(2,28)29)12-7-11-14(8-20-12)23-24-16(11)13-6-10-4-3-5-19-17(10)22-13/h3-9H,1-2H3,(H,19,22)(H,23,24). The molecule has 0 aliphatic heterocycles. The van der Waals surface area contributed by atoms with Crippen molar-refractivity contribution in [3.8, 4) is 22.8 Å². The van der Waals surface area contributed by atoms with Crippen molar-refractivity contribution in [2.75, 3.05) is 12.5 Å². The number of nitrogens with zero attached hydrogens (tertiary/aromatic N) is 5. The largest absolute Gasteiger partial charge is 0.338 e. The van der Waals surface area contributed by atoms with Gasteiger partial charge in [0.1, 0.15) is 17.0 Å². The third kappa shape index (κ3) is 3.18. The number of hydrogen-bond acceptors (Lipinski definition) is 8. The highest BCUT2D eigenvalue weighted by atomic mass is 32.2. The molecular formula is C18H15N7O4S2. The summed E-state index contributed by atoms with van der Waals surface area (Å²) in [5.41, 5.74) is 2.90. The van der Waals surface area contributed by atoms with Gasteiger partial charge in [0.05, 0.1) is 35.6 Å². The fourth-order valence-electron chi connectivity index (χ4n) is 3.41. The summed E-state index contributed by atoms with van der Waals surface area (Å²) in [6, 6.07) is 7.29. The molecule has 0 saturated carbocycles. The van der Waals surface area contributed by atoms with E-state index in [2.05, 4.69) is 30.1 Å². The molecule has 0 radical (unpaired) electrons. The van der Waals surface area contributed by atoms with Gasteiger partial charge in [0, 0.05) is 23.2 Å². The van der Waals surface area contributed by atoms with Crippen molar-refractivity contribution in [2.45, 2.75) is 5.16 Å². The summed E-state index contributed by atoms with van der Waals surface area (Å²) in [5, 5.41) is 8.25. The average molecular weight is 457 g/mol. The number of pyridine rings is 2. The lowest BCUT2D eigenvalue weighted by Crippen LogP contribution is -2.18. The molecule has 5 rings (SSSR count). The lowest BCUT2D eigenvalue weighted by atomic mass is 10.1. The Kier molecular flexibility index (Phi) is 4.04.